The maximum Gasteiger partial charge on any atom is 0.263 e. The van der Waals surface area contributed by atoms with Gasteiger partial charge in [-0.05, 0) is 18.6 Å². The zero-order chi connectivity index (χ0) is 12.8. The van der Waals surface area contributed by atoms with E-state index >= 15 is 0 Å². The average molecular weight is 249 g/mol. The average Bonchev–Trinajstić information content (AvgIpc) is 2.46. The van der Waals surface area contributed by atoms with Crippen LogP contribution in [0.15, 0.2) is 30.3 Å². The second kappa shape index (κ2) is 6.40. The number of para-hydroxylation sites is 1. The summed E-state index contributed by atoms with van der Waals surface area (Å²) in [6.45, 7) is 4.52. The molecule has 1 fully saturated rings. The molecule has 1 aliphatic rings. The van der Waals surface area contributed by atoms with Gasteiger partial charge in [-0.15, -0.1) is 0 Å². The predicted octanol–water partition coefficient (Wildman–Crippen LogP) is 1.70. The number of carbonyl (C=O) groups is 1. The zero-order valence-electron chi connectivity index (χ0n) is 10.7. The highest BCUT2D eigenvalue weighted by molar-refractivity contribution is 5.81. The lowest BCUT2D eigenvalue weighted by Crippen LogP contribution is -2.47. The summed E-state index contributed by atoms with van der Waals surface area (Å²) in [6, 6.07) is 9.48. The largest absolute Gasteiger partial charge is 0.481 e. The van der Waals surface area contributed by atoms with Gasteiger partial charge in [-0.1, -0.05) is 25.1 Å². The molecule has 1 aromatic rings. The Hall–Kier alpha value is -1.55. The smallest absolute Gasteiger partial charge is 0.263 e. The summed E-state index contributed by atoms with van der Waals surface area (Å²) < 4.78 is 11.0. The molecular formula is C14H19NO3. The number of carbonyl (C=O) groups excluding carboxylic acids is 1. The van der Waals surface area contributed by atoms with Crippen molar-refractivity contribution in [1.29, 1.82) is 0 Å². The molecule has 4 nitrogen and oxygen atoms in total. The first kappa shape index (κ1) is 12.9. The topological polar surface area (TPSA) is 38.8 Å². The molecule has 2 rings (SSSR count). The first-order chi connectivity index (χ1) is 8.81. The van der Waals surface area contributed by atoms with Crippen LogP contribution in [0.25, 0.3) is 0 Å². The van der Waals surface area contributed by atoms with Crippen molar-refractivity contribution in [3.05, 3.63) is 30.3 Å². The lowest BCUT2D eigenvalue weighted by atomic mass is 10.2. The molecule has 0 N–H and O–H groups in total. The fraction of sp³-hybridized carbons (Fsp3) is 0.500. The summed E-state index contributed by atoms with van der Waals surface area (Å²) in [5.74, 6) is 0.801. The fourth-order valence-electron chi connectivity index (χ4n) is 1.96. The van der Waals surface area contributed by atoms with E-state index in [9.17, 15) is 4.79 Å². The lowest BCUT2D eigenvalue weighted by molar-refractivity contribution is -0.142. The van der Waals surface area contributed by atoms with Gasteiger partial charge < -0.3 is 14.4 Å². The third kappa shape index (κ3) is 3.23. The third-order valence-electron chi connectivity index (χ3n) is 2.99. The summed E-state index contributed by atoms with van der Waals surface area (Å²) in [7, 11) is 0. The SMILES string of the molecule is CCC(Oc1ccccc1)C(=O)N1CCOCC1. The van der Waals surface area contributed by atoms with Gasteiger partial charge >= 0.3 is 0 Å². The minimum absolute atomic E-state index is 0.0599. The second-order valence-corrected chi connectivity index (χ2v) is 4.27. The summed E-state index contributed by atoms with van der Waals surface area (Å²) in [5.41, 5.74) is 0. The zero-order valence-corrected chi connectivity index (χ0v) is 10.7. The molecule has 1 aromatic carbocycles. The molecule has 1 heterocycles. The minimum Gasteiger partial charge on any atom is -0.481 e. The summed E-state index contributed by atoms with van der Waals surface area (Å²) in [4.78, 5) is 14.1. The van der Waals surface area contributed by atoms with Crippen molar-refractivity contribution < 1.29 is 14.3 Å². The third-order valence-corrected chi connectivity index (χ3v) is 2.99. The van der Waals surface area contributed by atoms with Crippen LogP contribution < -0.4 is 4.74 Å². The molecule has 0 spiro atoms. The number of ether oxygens (including phenoxy) is 2. The number of hydrogen-bond donors (Lipinski definition) is 0. The normalized spacial score (nSPS) is 17.3. The van der Waals surface area contributed by atoms with Crippen molar-refractivity contribution in [3.63, 3.8) is 0 Å². The van der Waals surface area contributed by atoms with Crippen molar-refractivity contribution in [1.82, 2.24) is 4.90 Å². The molecule has 1 atom stereocenters. The molecule has 1 saturated heterocycles. The maximum atomic E-state index is 12.3. The number of amides is 1. The van der Waals surface area contributed by atoms with Gasteiger partial charge in [-0.3, -0.25) is 4.79 Å². The van der Waals surface area contributed by atoms with E-state index in [0.29, 0.717) is 32.7 Å². The Balaban J connectivity index is 1.97. The number of benzene rings is 1. The first-order valence-electron chi connectivity index (χ1n) is 6.39. The predicted molar refractivity (Wildman–Crippen MR) is 68.5 cm³/mol. The molecule has 4 heteroatoms. The van der Waals surface area contributed by atoms with Crippen molar-refractivity contribution in [2.45, 2.75) is 19.4 Å². The first-order valence-corrected chi connectivity index (χ1v) is 6.39. The number of hydrogen-bond acceptors (Lipinski definition) is 3. The van der Waals surface area contributed by atoms with E-state index in [1.165, 1.54) is 0 Å². The van der Waals surface area contributed by atoms with Crippen LogP contribution in [0, 0.1) is 0 Å². The van der Waals surface area contributed by atoms with E-state index in [1.54, 1.807) is 0 Å². The van der Waals surface area contributed by atoms with E-state index in [-0.39, 0.29) is 5.91 Å². The molecule has 0 radical (unpaired) electrons. The summed E-state index contributed by atoms with van der Waals surface area (Å²) >= 11 is 0. The van der Waals surface area contributed by atoms with E-state index in [4.69, 9.17) is 9.47 Å². The lowest BCUT2D eigenvalue weighted by Gasteiger charge is -2.30. The van der Waals surface area contributed by atoms with Crippen molar-refractivity contribution in [2.24, 2.45) is 0 Å². The van der Waals surface area contributed by atoms with Gasteiger partial charge in [0.05, 0.1) is 13.2 Å². The Labute approximate surface area is 107 Å². The molecular weight excluding hydrogens is 230 g/mol. The van der Waals surface area contributed by atoms with E-state index in [0.717, 1.165) is 5.75 Å². The van der Waals surface area contributed by atoms with Gasteiger partial charge in [0.25, 0.3) is 5.91 Å². The Bertz CT molecular complexity index is 374. The van der Waals surface area contributed by atoms with E-state index < -0.39 is 6.10 Å². The van der Waals surface area contributed by atoms with E-state index in [1.807, 2.05) is 42.2 Å². The molecule has 0 bridgehead atoms. The molecule has 0 saturated carbocycles. The molecule has 1 amide bonds. The van der Waals surface area contributed by atoms with Crippen LogP contribution >= 0.6 is 0 Å². The second-order valence-electron chi connectivity index (χ2n) is 4.27. The molecule has 0 aliphatic carbocycles. The van der Waals surface area contributed by atoms with Crippen LogP contribution in [0.4, 0.5) is 0 Å². The van der Waals surface area contributed by atoms with Crippen molar-refractivity contribution in [2.75, 3.05) is 26.3 Å². The Kier molecular flexibility index (Phi) is 4.59. The Morgan fingerprint density at radius 2 is 2.00 bits per heavy atom. The highest BCUT2D eigenvalue weighted by Gasteiger charge is 2.25. The monoisotopic (exact) mass is 249 g/mol. The van der Waals surface area contributed by atoms with Crippen LogP contribution in [-0.2, 0) is 9.53 Å². The summed E-state index contributed by atoms with van der Waals surface area (Å²) in [5, 5.41) is 0. The Morgan fingerprint density at radius 1 is 1.33 bits per heavy atom. The van der Waals surface area contributed by atoms with Crippen LogP contribution in [-0.4, -0.2) is 43.2 Å². The number of morpholine rings is 1. The van der Waals surface area contributed by atoms with Crippen LogP contribution in [0.2, 0.25) is 0 Å². The van der Waals surface area contributed by atoms with Crippen LogP contribution in [0.3, 0.4) is 0 Å². The molecule has 98 valence electrons. The van der Waals surface area contributed by atoms with Crippen molar-refractivity contribution >= 4 is 5.91 Å². The van der Waals surface area contributed by atoms with Gasteiger partial charge in [-0.25, -0.2) is 0 Å². The van der Waals surface area contributed by atoms with Crippen molar-refractivity contribution in [3.8, 4) is 5.75 Å². The van der Waals surface area contributed by atoms with Crippen LogP contribution in [0.5, 0.6) is 5.75 Å². The molecule has 1 aliphatic heterocycles. The van der Waals surface area contributed by atoms with Gasteiger partial charge in [-0.2, -0.15) is 0 Å². The minimum atomic E-state index is -0.398. The Morgan fingerprint density at radius 3 is 2.61 bits per heavy atom. The number of rotatable bonds is 4. The number of nitrogens with zero attached hydrogens (tertiary/aromatic N) is 1. The van der Waals surface area contributed by atoms with Gasteiger partial charge in [0.2, 0.25) is 0 Å². The van der Waals surface area contributed by atoms with E-state index in [2.05, 4.69) is 0 Å². The van der Waals surface area contributed by atoms with Crippen LogP contribution in [0.1, 0.15) is 13.3 Å². The van der Waals surface area contributed by atoms with Gasteiger partial charge in [0, 0.05) is 13.1 Å². The highest BCUT2D eigenvalue weighted by atomic mass is 16.5. The van der Waals surface area contributed by atoms with Gasteiger partial charge in [0.1, 0.15) is 5.75 Å². The molecule has 0 aromatic heterocycles. The van der Waals surface area contributed by atoms with Gasteiger partial charge in [0.15, 0.2) is 6.10 Å². The summed E-state index contributed by atoms with van der Waals surface area (Å²) in [6.07, 6.45) is 0.274. The highest BCUT2D eigenvalue weighted by Crippen LogP contribution is 2.14. The molecule has 1 unspecified atom stereocenters. The fourth-order valence-corrected chi connectivity index (χ4v) is 1.96. The quantitative estimate of drug-likeness (QED) is 0.815. The molecule has 18 heavy (non-hydrogen) atoms. The maximum absolute atomic E-state index is 12.3. The standard InChI is InChI=1S/C14H19NO3/c1-2-13(18-12-6-4-3-5-7-12)14(16)15-8-10-17-11-9-15/h3-7,13H,2,8-11H2,1H3.